The number of nitrogens with one attached hydrogen (secondary N) is 2. The largest absolute Gasteiger partial charge is 0.494 e. The fraction of sp³-hybridized carbons (Fsp3) is 0.450. The number of para-hydroxylation sites is 1. The molecule has 148 valence electrons. The minimum Gasteiger partial charge on any atom is -0.494 e. The third-order valence-corrected chi connectivity index (χ3v) is 5.52. The van der Waals surface area contributed by atoms with E-state index in [0.717, 1.165) is 43.2 Å². The second-order valence-electron chi connectivity index (χ2n) is 6.32. The molecule has 3 rings (SSSR count). The van der Waals surface area contributed by atoms with Crippen LogP contribution in [0.3, 0.4) is 0 Å². The SMILES string of the molecule is CCOc1ccccc1CNC(=NC)NC1CCN(c2cccs2)CC1.I. The van der Waals surface area contributed by atoms with Crippen LogP contribution in [0.2, 0.25) is 0 Å². The van der Waals surface area contributed by atoms with Gasteiger partial charge in [0.1, 0.15) is 5.75 Å². The van der Waals surface area contributed by atoms with Gasteiger partial charge in [-0.3, -0.25) is 4.99 Å². The van der Waals surface area contributed by atoms with Crippen molar-refractivity contribution in [3.8, 4) is 5.75 Å². The van der Waals surface area contributed by atoms with Gasteiger partial charge in [-0.15, -0.1) is 35.3 Å². The number of halogens is 1. The molecule has 2 aromatic rings. The molecular formula is C20H29IN4OS. The Hall–Kier alpha value is -1.48. The quantitative estimate of drug-likeness (QED) is 0.356. The predicted molar refractivity (Wildman–Crippen MR) is 126 cm³/mol. The Morgan fingerprint density at radius 3 is 2.67 bits per heavy atom. The average Bonchev–Trinajstić information content (AvgIpc) is 3.22. The second kappa shape index (κ2) is 11.4. The van der Waals surface area contributed by atoms with Gasteiger partial charge in [0.25, 0.3) is 0 Å². The molecule has 1 aliphatic heterocycles. The van der Waals surface area contributed by atoms with Crippen molar-refractivity contribution < 1.29 is 4.74 Å². The first kappa shape index (κ1) is 21.8. The van der Waals surface area contributed by atoms with Gasteiger partial charge in [0, 0.05) is 38.3 Å². The number of anilines is 1. The van der Waals surface area contributed by atoms with Gasteiger partial charge in [-0.2, -0.15) is 0 Å². The minimum atomic E-state index is 0. The number of thiophene rings is 1. The Kier molecular flexibility index (Phi) is 9.20. The number of rotatable bonds is 6. The molecule has 0 atom stereocenters. The van der Waals surface area contributed by atoms with Crippen LogP contribution in [0.15, 0.2) is 46.8 Å². The summed E-state index contributed by atoms with van der Waals surface area (Å²) in [5.41, 5.74) is 1.14. The van der Waals surface area contributed by atoms with E-state index in [0.29, 0.717) is 19.2 Å². The van der Waals surface area contributed by atoms with Crippen molar-refractivity contribution >= 4 is 46.3 Å². The van der Waals surface area contributed by atoms with E-state index in [-0.39, 0.29) is 24.0 Å². The van der Waals surface area contributed by atoms with Gasteiger partial charge >= 0.3 is 0 Å². The molecule has 1 aliphatic rings. The molecule has 1 saturated heterocycles. The summed E-state index contributed by atoms with van der Waals surface area (Å²) in [6.45, 7) is 5.55. The summed E-state index contributed by atoms with van der Waals surface area (Å²) in [4.78, 5) is 6.85. The van der Waals surface area contributed by atoms with Crippen LogP contribution in [0.5, 0.6) is 5.75 Å². The smallest absolute Gasteiger partial charge is 0.191 e. The topological polar surface area (TPSA) is 48.9 Å². The third kappa shape index (κ3) is 6.27. The summed E-state index contributed by atoms with van der Waals surface area (Å²) in [6.07, 6.45) is 2.24. The van der Waals surface area contributed by atoms with Crippen LogP contribution in [0.4, 0.5) is 5.00 Å². The molecule has 2 heterocycles. The summed E-state index contributed by atoms with van der Waals surface area (Å²) >= 11 is 1.82. The first-order chi connectivity index (χ1) is 12.8. The van der Waals surface area contributed by atoms with Crippen molar-refractivity contribution in [3.63, 3.8) is 0 Å². The first-order valence-electron chi connectivity index (χ1n) is 9.26. The maximum absolute atomic E-state index is 5.70. The highest BCUT2D eigenvalue weighted by atomic mass is 127. The van der Waals surface area contributed by atoms with E-state index in [1.54, 1.807) is 0 Å². The molecule has 1 aromatic heterocycles. The van der Waals surface area contributed by atoms with Gasteiger partial charge in [0.05, 0.1) is 11.6 Å². The zero-order chi connectivity index (χ0) is 18.2. The molecule has 5 nitrogen and oxygen atoms in total. The van der Waals surface area contributed by atoms with Crippen molar-refractivity contribution in [2.24, 2.45) is 4.99 Å². The van der Waals surface area contributed by atoms with Gasteiger partial charge in [-0.05, 0) is 43.3 Å². The van der Waals surface area contributed by atoms with Gasteiger partial charge in [0.2, 0.25) is 0 Å². The monoisotopic (exact) mass is 500 g/mol. The van der Waals surface area contributed by atoms with Crippen molar-refractivity contribution in [2.75, 3.05) is 31.6 Å². The Bertz CT molecular complexity index is 700. The maximum Gasteiger partial charge on any atom is 0.191 e. The molecule has 27 heavy (non-hydrogen) atoms. The minimum absolute atomic E-state index is 0. The van der Waals surface area contributed by atoms with Crippen LogP contribution in [0.25, 0.3) is 0 Å². The fourth-order valence-electron chi connectivity index (χ4n) is 3.21. The highest BCUT2D eigenvalue weighted by Gasteiger charge is 2.20. The highest BCUT2D eigenvalue weighted by molar-refractivity contribution is 14.0. The van der Waals surface area contributed by atoms with E-state index in [1.165, 1.54) is 5.00 Å². The van der Waals surface area contributed by atoms with E-state index >= 15 is 0 Å². The summed E-state index contributed by atoms with van der Waals surface area (Å²) in [5, 5.41) is 10.5. The Balaban J connectivity index is 0.00000261. The number of aliphatic imine (C=N–C) groups is 1. The fourth-order valence-corrected chi connectivity index (χ4v) is 3.99. The Morgan fingerprint density at radius 1 is 1.22 bits per heavy atom. The molecule has 0 unspecified atom stereocenters. The lowest BCUT2D eigenvalue weighted by molar-refractivity contribution is 0.336. The number of hydrogen-bond acceptors (Lipinski definition) is 4. The third-order valence-electron chi connectivity index (χ3n) is 4.60. The van der Waals surface area contributed by atoms with Crippen LogP contribution >= 0.6 is 35.3 Å². The molecule has 0 amide bonds. The number of hydrogen-bond donors (Lipinski definition) is 2. The van der Waals surface area contributed by atoms with Crippen LogP contribution in [-0.2, 0) is 6.54 Å². The summed E-state index contributed by atoms with van der Waals surface area (Å²) in [6, 6.07) is 12.9. The zero-order valence-corrected chi connectivity index (χ0v) is 19.1. The molecule has 0 spiro atoms. The van der Waals surface area contributed by atoms with E-state index in [9.17, 15) is 0 Å². The lowest BCUT2D eigenvalue weighted by atomic mass is 10.1. The Labute approximate surface area is 183 Å². The summed E-state index contributed by atoms with van der Waals surface area (Å²) < 4.78 is 5.70. The molecule has 0 aliphatic carbocycles. The molecule has 0 radical (unpaired) electrons. The molecule has 0 bridgehead atoms. The van der Waals surface area contributed by atoms with E-state index in [2.05, 4.69) is 44.1 Å². The Morgan fingerprint density at radius 2 is 2.00 bits per heavy atom. The van der Waals surface area contributed by atoms with E-state index < -0.39 is 0 Å². The molecule has 1 fully saturated rings. The number of guanidine groups is 1. The van der Waals surface area contributed by atoms with Crippen molar-refractivity contribution in [1.82, 2.24) is 10.6 Å². The standard InChI is InChI=1S/C20H28N4OS.HI/c1-3-25-18-8-5-4-7-16(18)15-22-20(21-2)23-17-10-12-24(13-11-17)19-9-6-14-26-19;/h4-9,14,17H,3,10-13,15H2,1-2H3,(H2,21,22,23);1H. The molecule has 1 aromatic carbocycles. The average molecular weight is 500 g/mol. The normalized spacial score (nSPS) is 15.2. The molecule has 0 saturated carbocycles. The van der Waals surface area contributed by atoms with Crippen LogP contribution < -0.4 is 20.3 Å². The van der Waals surface area contributed by atoms with Gasteiger partial charge in [0.15, 0.2) is 5.96 Å². The van der Waals surface area contributed by atoms with Crippen molar-refractivity contribution in [2.45, 2.75) is 32.4 Å². The van der Waals surface area contributed by atoms with E-state index in [4.69, 9.17) is 4.74 Å². The lowest BCUT2D eigenvalue weighted by Crippen LogP contribution is -2.48. The number of nitrogens with zero attached hydrogens (tertiary/aromatic N) is 2. The number of ether oxygens (including phenoxy) is 1. The lowest BCUT2D eigenvalue weighted by Gasteiger charge is -2.33. The molecule has 2 N–H and O–H groups in total. The summed E-state index contributed by atoms with van der Waals surface area (Å²) in [7, 11) is 1.82. The zero-order valence-electron chi connectivity index (χ0n) is 16.0. The van der Waals surface area contributed by atoms with Gasteiger partial charge in [-0.1, -0.05) is 18.2 Å². The van der Waals surface area contributed by atoms with Crippen molar-refractivity contribution in [3.05, 3.63) is 47.3 Å². The summed E-state index contributed by atoms with van der Waals surface area (Å²) in [5.74, 6) is 1.79. The van der Waals surface area contributed by atoms with Gasteiger partial charge < -0.3 is 20.3 Å². The first-order valence-corrected chi connectivity index (χ1v) is 10.1. The number of benzene rings is 1. The maximum atomic E-state index is 5.70. The van der Waals surface area contributed by atoms with E-state index in [1.807, 2.05) is 43.5 Å². The van der Waals surface area contributed by atoms with Crippen molar-refractivity contribution in [1.29, 1.82) is 0 Å². The van der Waals surface area contributed by atoms with Gasteiger partial charge in [-0.25, -0.2) is 0 Å². The van der Waals surface area contributed by atoms with Crippen LogP contribution in [0, 0.1) is 0 Å². The highest BCUT2D eigenvalue weighted by Crippen LogP contribution is 2.24. The van der Waals surface area contributed by atoms with Crippen LogP contribution in [0.1, 0.15) is 25.3 Å². The van der Waals surface area contributed by atoms with Crippen LogP contribution in [-0.4, -0.2) is 38.7 Å². The second-order valence-corrected chi connectivity index (χ2v) is 7.25. The molecular weight excluding hydrogens is 471 g/mol. The number of piperidine rings is 1. The predicted octanol–water partition coefficient (Wildman–Crippen LogP) is 4.10. The molecule has 7 heteroatoms.